The Bertz CT molecular complexity index is 543. The van der Waals surface area contributed by atoms with Crippen molar-refractivity contribution in [1.29, 1.82) is 0 Å². The maximum Gasteiger partial charge on any atom is 0.0737 e. The van der Waals surface area contributed by atoms with Crippen LogP contribution in [0.5, 0.6) is 0 Å². The summed E-state index contributed by atoms with van der Waals surface area (Å²) >= 11 is 11.8. The average Bonchev–Trinajstić information content (AvgIpc) is 2.42. The van der Waals surface area contributed by atoms with E-state index >= 15 is 0 Å². The number of hydrogen-bond acceptors (Lipinski definition) is 2. The summed E-state index contributed by atoms with van der Waals surface area (Å²) in [5, 5.41) is 5.28. The second kappa shape index (κ2) is 6.97. The van der Waals surface area contributed by atoms with Crippen molar-refractivity contribution in [2.45, 2.75) is 19.8 Å². The van der Waals surface area contributed by atoms with Crippen LogP contribution in [-0.4, -0.2) is 17.4 Å². The van der Waals surface area contributed by atoms with E-state index in [0.29, 0.717) is 10.9 Å². The lowest BCUT2D eigenvalue weighted by Crippen LogP contribution is -2.05. The first-order chi connectivity index (χ1) is 9.20. The molecule has 0 saturated carbocycles. The van der Waals surface area contributed by atoms with Gasteiger partial charge in [0, 0.05) is 34.7 Å². The van der Waals surface area contributed by atoms with Gasteiger partial charge in [0.2, 0.25) is 0 Å². The summed E-state index contributed by atoms with van der Waals surface area (Å²) in [4.78, 5) is 4.33. The molecule has 1 heterocycles. The number of nitrogens with one attached hydrogen (secondary N) is 1. The molecule has 2 nitrogen and oxygen atoms in total. The van der Waals surface area contributed by atoms with Crippen LogP contribution in [0, 0.1) is 5.92 Å². The summed E-state index contributed by atoms with van der Waals surface area (Å²) in [5.74, 6) is 1.31. The summed E-state index contributed by atoms with van der Waals surface area (Å²) < 4.78 is 0. The number of halogens is 2. The molecular formula is C15H18Cl2N2. The van der Waals surface area contributed by atoms with Crippen LogP contribution in [0.3, 0.4) is 0 Å². The number of nitrogens with zero attached hydrogens (tertiary/aromatic N) is 1. The molecule has 0 fully saturated rings. The van der Waals surface area contributed by atoms with Gasteiger partial charge in [-0.25, -0.2) is 0 Å². The summed E-state index contributed by atoms with van der Waals surface area (Å²) in [6.07, 6.45) is 4.07. The van der Waals surface area contributed by atoms with E-state index in [0.717, 1.165) is 41.9 Å². The van der Waals surface area contributed by atoms with E-state index in [1.165, 1.54) is 0 Å². The molecule has 102 valence electrons. The molecule has 1 aromatic heterocycles. The molecule has 19 heavy (non-hydrogen) atoms. The van der Waals surface area contributed by atoms with E-state index in [-0.39, 0.29) is 0 Å². The number of rotatable bonds is 6. The van der Waals surface area contributed by atoms with Gasteiger partial charge in [-0.3, -0.25) is 4.98 Å². The number of aromatic nitrogens is 1. The van der Waals surface area contributed by atoms with Crippen LogP contribution in [0.1, 0.15) is 19.8 Å². The minimum absolute atomic E-state index is 0.580. The second-order valence-corrected chi connectivity index (χ2v) is 5.59. The van der Waals surface area contributed by atoms with Gasteiger partial charge in [0.25, 0.3) is 0 Å². The van der Waals surface area contributed by atoms with Crippen molar-refractivity contribution in [2.24, 2.45) is 5.92 Å². The molecule has 0 spiro atoms. The molecule has 0 aliphatic heterocycles. The number of benzene rings is 1. The predicted octanol–water partition coefficient (Wildman–Crippen LogP) is 4.96. The van der Waals surface area contributed by atoms with Gasteiger partial charge in [-0.1, -0.05) is 18.5 Å². The van der Waals surface area contributed by atoms with E-state index in [4.69, 9.17) is 23.2 Å². The molecule has 0 bridgehead atoms. The largest absolute Gasteiger partial charge is 0.384 e. The Kier molecular flexibility index (Phi) is 5.29. The Morgan fingerprint density at radius 3 is 2.95 bits per heavy atom. The van der Waals surface area contributed by atoms with Gasteiger partial charge in [0.15, 0.2) is 0 Å². The Balaban J connectivity index is 2.01. The molecular weight excluding hydrogens is 279 g/mol. The van der Waals surface area contributed by atoms with Crippen molar-refractivity contribution in [3.8, 4) is 0 Å². The van der Waals surface area contributed by atoms with E-state index in [2.05, 4.69) is 17.2 Å². The average molecular weight is 297 g/mol. The fraction of sp³-hybridized carbons (Fsp3) is 0.400. The predicted molar refractivity (Wildman–Crippen MR) is 84.4 cm³/mol. The molecule has 0 saturated heterocycles. The first-order valence-electron chi connectivity index (χ1n) is 6.55. The third-order valence-corrected chi connectivity index (χ3v) is 3.92. The lowest BCUT2D eigenvalue weighted by molar-refractivity contribution is 0.573. The highest BCUT2D eigenvalue weighted by molar-refractivity contribution is 6.31. The zero-order valence-corrected chi connectivity index (χ0v) is 12.5. The van der Waals surface area contributed by atoms with Crippen LogP contribution in [0.25, 0.3) is 10.9 Å². The lowest BCUT2D eigenvalue weighted by atomic mass is 10.1. The van der Waals surface area contributed by atoms with Crippen molar-refractivity contribution in [1.82, 2.24) is 4.98 Å². The van der Waals surface area contributed by atoms with Crippen LogP contribution in [-0.2, 0) is 0 Å². The summed E-state index contributed by atoms with van der Waals surface area (Å²) in [6.45, 7) is 3.12. The third kappa shape index (κ3) is 3.99. The van der Waals surface area contributed by atoms with E-state index in [1.54, 1.807) is 0 Å². The SMILES string of the molecule is CC(CCl)CCCNc1ccnc2cc(Cl)ccc12. The molecule has 0 radical (unpaired) electrons. The topological polar surface area (TPSA) is 24.9 Å². The highest BCUT2D eigenvalue weighted by Crippen LogP contribution is 2.24. The molecule has 1 unspecified atom stereocenters. The number of fused-ring (bicyclic) bond motifs is 1. The minimum Gasteiger partial charge on any atom is -0.384 e. The Hall–Kier alpha value is -0.990. The molecule has 2 rings (SSSR count). The maximum atomic E-state index is 5.98. The number of hydrogen-bond donors (Lipinski definition) is 1. The van der Waals surface area contributed by atoms with Crippen molar-refractivity contribution in [3.05, 3.63) is 35.5 Å². The molecule has 4 heteroatoms. The normalized spacial score (nSPS) is 12.6. The third-order valence-electron chi connectivity index (χ3n) is 3.16. The van der Waals surface area contributed by atoms with Crippen LogP contribution in [0.4, 0.5) is 5.69 Å². The van der Waals surface area contributed by atoms with Crippen molar-refractivity contribution in [2.75, 3.05) is 17.7 Å². The molecule has 1 atom stereocenters. The zero-order chi connectivity index (χ0) is 13.7. The van der Waals surface area contributed by atoms with Crippen molar-refractivity contribution >= 4 is 39.8 Å². The smallest absolute Gasteiger partial charge is 0.0737 e. The molecule has 2 aromatic rings. The highest BCUT2D eigenvalue weighted by atomic mass is 35.5. The van der Waals surface area contributed by atoms with Crippen LogP contribution < -0.4 is 5.32 Å². The van der Waals surface area contributed by atoms with E-state index in [1.807, 2.05) is 30.5 Å². The maximum absolute atomic E-state index is 5.98. The van der Waals surface area contributed by atoms with Gasteiger partial charge in [-0.05, 0) is 43.0 Å². The fourth-order valence-electron chi connectivity index (χ4n) is 2.03. The minimum atomic E-state index is 0.580. The van der Waals surface area contributed by atoms with Crippen molar-refractivity contribution < 1.29 is 0 Å². The van der Waals surface area contributed by atoms with Crippen molar-refractivity contribution in [3.63, 3.8) is 0 Å². The number of anilines is 1. The van der Waals surface area contributed by atoms with E-state index < -0.39 is 0 Å². The monoisotopic (exact) mass is 296 g/mol. The fourth-order valence-corrected chi connectivity index (χ4v) is 2.35. The first-order valence-corrected chi connectivity index (χ1v) is 7.46. The quantitative estimate of drug-likeness (QED) is 0.602. The van der Waals surface area contributed by atoms with Gasteiger partial charge < -0.3 is 5.32 Å². The van der Waals surface area contributed by atoms with Crippen LogP contribution >= 0.6 is 23.2 Å². The van der Waals surface area contributed by atoms with Gasteiger partial charge in [0.1, 0.15) is 0 Å². The van der Waals surface area contributed by atoms with Gasteiger partial charge in [0.05, 0.1) is 5.52 Å². The Morgan fingerprint density at radius 1 is 1.32 bits per heavy atom. The number of alkyl halides is 1. The number of pyridine rings is 1. The lowest BCUT2D eigenvalue weighted by Gasteiger charge is -2.11. The Labute approximate surface area is 124 Å². The molecule has 1 N–H and O–H groups in total. The summed E-state index contributed by atoms with van der Waals surface area (Å²) in [5.41, 5.74) is 2.03. The van der Waals surface area contributed by atoms with Gasteiger partial charge in [-0.2, -0.15) is 0 Å². The molecule has 0 aliphatic carbocycles. The highest BCUT2D eigenvalue weighted by Gasteiger charge is 2.03. The van der Waals surface area contributed by atoms with Crippen LogP contribution in [0.2, 0.25) is 5.02 Å². The molecule has 1 aromatic carbocycles. The second-order valence-electron chi connectivity index (χ2n) is 4.85. The standard InChI is InChI=1S/C15H18Cl2N2/c1-11(10-16)3-2-7-18-14-6-8-19-15-9-12(17)4-5-13(14)15/h4-6,8-9,11H,2-3,7,10H2,1H3,(H,18,19). The summed E-state index contributed by atoms with van der Waals surface area (Å²) in [7, 11) is 0. The summed E-state index contributed by atoms with van der Waals surface area (Å²) in [6, 6.07) is 7.79. The van der Waals surface area contributed by atoms with E-state index in [9.17, 15) is 0 Å². The van der Waals surface area contributed by atoms with Crippen LogP contribution in [0.15, 0.2) is 30.5 Å². The molecule has 0 amide bonds. The Morgan fingerprint density at radius 2 is 2.16 bits per heavy atom. The van der Waals surface area contributed by atoms with Gasteiger partial charge in [-0.15, -0.1) is 11.6 Å². The van der Waals surface area contributed by atoms with Gasteiger partial charge >= 0.3 is 0 Å². The molecule has 0 aliphatic rings. The first kappa shape index (κ1) is 14.4. The zero-order valence-electron chi connectivity index (χ0n) is 11.0.